The van der Waals surface area contributed by atoms with Crippen molar-refractivity contribution in [3.63, 3.8) is 0 Å². The lowest BCUT2D eigenvalue weighted by molar-refractivity contribution is 0.0692. The van der Waals surface area contributed by atoms with Crippen LogP contribution in [0.15, 0.2) is 12.4 Å². The molecular weight excluding hydrogens is 274 g/mol. The first-order valence-electron chi connectivity index (χ1n) is 7.52. The normalized spacial score (nSPS) is 19.9. The van der Waals surface area contributed by atoms with Gasteiger partial charge in [0.15, 0.2) is 0 Å². The number of hydrogen-bond donors (Lipinski definition) is 0. The van der Waals surface area contributed by atoms with Gasteiger partial charge in [-0.25, -0.2) is 9.97 Å². The maximum Gasteiger partial charge on any atom is 0.274 e. The molecule has 1 aromatic rings. The fourth-order valence-corrected chi connectivity index (χ4v) is 3.10. The van der Waals surface area contributed by atoms with E-state index >= 15 is 0 Å². The van der Waals surface area contributed by atoms with E-state index in [1.807, 2.05) is 4.90 Å². The lowest BCUT2D eigenvalue weighted by Crippen LogP contribution is -2.38. The molecule has 1 heterocycles. The molecule has 5 heteroatoms. The Morgan fingerprint density at radius 1 is 1.15 bits per heavy atom. The van der Waals surface area contributed by atoms with Crippen LogP contribution in [-0.2, 0) is 0 Å². The third-order valence-corrected chi connectivity index (χ3v) is 4.46. The molecule has 2 saturated carbocycles. The van der Waals surface area contributed by atoms with E-state index in [0.717, 1.165) is 19.4 Å². The second-order valence-corrected chi connectivity index (χ2v) is 6.30. The van der Waals surface area contributed by atoms with Gasteiger partial charge in [-0.15, -0.1) is 0 Å². The lowest BCUT2D eigenvalue weighted by atomic mass is 9.89. The van der Waals surface area contributed by atoms with Gasteiger partial charge in [0.1, 0.15) is 10.8 Å². The van der Waals surface area contributed by atoms with Gasteiger partial charge in [0.2, 0.25) is 0 Å². The molecule has 0 unspecified atom stereocenters. The van der Waals surface area contributed by atoms with Crippen molar-refractivity contribution < 1.29 is 4.79 Å². The molecule has 4 nitrogen and oxygen atoms in total. The van der Waals surface area contributed by atoms with Gasteiger partial charge >= 0.3 is 0 Å². The number of halogens is 1. The average Bonchev–Trinajstić information content (AvgIpc) is 3.30. The molecule has 0 radical (unpaired) electrons. The maximum absolute atomic E-state index is 12.6. The van der Waals surface area contributed by atoms with Crippen molar-refractivity contribution in [1.82, 2.24) is 14.9 Å². The van der Waals surface area contributed by atoms with Crippen molar-refractivity contribution in [2.45, 2.75) is 51.0 Å². The number of nitrogens with zero attached hydrogens (tertiary/aromatic N) is 3. The van der Waals surface area contributed by atoms with E-state index in [2.05, 4.69) is 9.97 Å². The summed E-state index contributed by atoms with van der Waals surface area (Å²) >= 11 is 5.73. The van der Waals surface area contributed by atoms with Gasteiger partial charge in [-0.3, -0.25) is 4.79 Å². The van der Waals surface area contributed by atoms with Crippen molar-refractivity contribution in [3.8, 4) is 0 Å². The number of amides is 1. The van der Waals surface area contributed by atoms with Gasteiger partial charge < -0.3 is 4.90 Å². The molecule has 2 aliphatic rings. The Hall–Kier alpha value is -1.16. The van der Waals surface area contributed by atoms with Crippen molar-refractivity contribution in [1.29, 1.82) is 0 Å². The van der Waals surface area contributed by atoms with E-state index in [4.69, 9.17) is 11.6 Å². The summed E-state index contributed by atoms with van der Waals surface area (Å²) in [5.41, 5.74) is 0.414. The largest absolute Gasteiger partial charge is 0.334 e. The molecule has 0 aromatic carbocycles. The van der Waals surface area contributed by atoms with Crippen LogP contribution in [0.4, 0.5) is 0 Å². The maximum atomic E-state index is 12.6. The fourth-order valence-electron chi connectivity index (χ4n) is 3.00. The predicted molar refractivity (Wildman–Crippen MR) is 77.7 cm³/mol. The molecule has 0 N–H and O–H groups in total. The summed E-state index contributed by atoms with van der Waals surface area (Å²) < 4.78 is 0. The summed E-state index contributed by atoms with van der Waals surface area (Å²) in [5.74, 6) is 0.677. The van der Waals surface area contributed by atoms with E-state index in [9.17, 15) is 4.79 Å². The average molecular weight is 294 g/mol. The summed E-state index contributed by atoms with van der Waals surface area (Å²) in [4.78, 5) is 22.7. The van der Waals surface area contributed by atoms with Crippen LogP contribution in [0.1, 0.15) is 55.4 Å². The van der Waals surface area contributed by atoms with Gasteiger partial charge in [-0.2, -0.15) is 0 Å². The van der Waals surface area contributed by atoms with Crippen LogP contribution in [0, 0.1) is 5.92 Å². The summed E-state index contributed by atoms with van der Waals surface area (Å²) in [6.07, 6.45) is 11.6. The molecule has 0 bridgehead atoms. The van der Waals surface area contributed by atoms with Crippen molar-refractivity contribution in [2.75, 3.05) is 6.54 Å². The van der Waals surface area contributed by atoms with Crippen LogP contribution in [0.5, 0.6) is 0 Å². The molecule has 108 valence electrons. The number of rotatable bonds is 4. The summed E-state index contributed by atoms with van der Waals surface area (Å²) in [6.45, 7) is 0.883. The second kappa shape index (κ2) is 6.08. The molecule has 2 fully saturated rings. The number of aromatic nitrogens is 2. The van der Waals surface area contributed by atoms with E-state index < -0.39 is 0 Å². The first kappa shape index (κ1) is 13.8. The Kier molecular flexibility index (Phi) is 4.20. The van der Waals surface area contributed by atoms with Gasteiger partial charge in [0.05, 0.1) is 12.4 Å². The zero-order valence-corrected chi connectivity index (χ0v) is 12.4. The van der Waals surface area contributed by atoms with E-state index in [1.165, 1.54) is 44.5 Å². The number of carbonyl (C=O) groups is 1. The van der Waals surface area contributed by atoms with Crippen LogP contribution >= 0.6 is 11.6 Å². The summed E-state index contributed by atoms with van der Waals surface area (Å²) in [7, 11) is 0. The van der Waals surface area contributed by atoms with Gasteiger partial charge in [0.25, 0.3) is 5.91 Å². The third-order valence-electron chi connectivity index (χ3n) is 4.27. The minimum absolute atomic E-state index is 0.0160. The van der Waals surface area contributed by atoms with Gasteiger partial charge in [-0.05, 0) is 31.6 Å². The molecule has 2 aliphatic carbocycles. The molecule has 0 spiro atoms. The monoisotopic (exact) mass is 293 g/mol. The van der Waals surface area contributed by atoms with Crippen LogP contribution in [0.3, 0.4) is 0 Å². The van der Waals surface area contributed by atoms with E-state index in [1.54, 1.807) is 0 Å². The van der Waals surface area contributed by atoms with Gasteiger partial charge in [0, 0.05) is 12.6 Å². The fraction of sp³-hybridized carbons (Fsp3) is 0.667. The summed E-state index contributed by atoms with van der Waals surface area (Å²) in [5, 5.41) is 0.326. The first-order chi connectivity index (χ1) is 9.74. The van der Waals surface area contributed by atoms with Crippen LogP contribution in [0.2, 0.25) is 5.15 Å². The van der Waals surface area contributed by atoms with Crippen molar-refractivity contribution >= 4 is 17.5 Å². The van der Waals surface area contributed by atoms with E-state index in [0.29, 0.717) is 22.8 Å². The molecular formula is C15H20ClN3O. The van der Waals surface area contributed by atoms with E-state index in [-0.39, 0.29) is 5.91 Å². The highest BCUT2D eigenvalue weighted by atomic mass is 35.5. The number of hydrogen-bond acceptors (Lipinski definition) is 3. The smallest absolute Gasteiger partial charge is 0.274 e. The Balaban J connectivity index is 1.69. The minimum atomic E-state index is 0.0160. The highest BCUT2D eigenvalue weighted by Gasteiger charge is 2.35. The van der Waals surface area contributed by atoms with Crippen LogP contribution in [0.25, 0.3) is 0 Å². The Labute approximate surface area is 124 Å². The van der Waals surface area contributed by atoms with Crippen molar-refractivity contribution in [3.05, 3.63) is 23.2 Å². The molecule has 0 aliphatic heterocycles. The molecule has 1 amide bonds. The molecule has 20 heavy (non-hydrogen) atoms. The first-order valence-corrected chi connectivity index (χ1v) is 7.90. The molecule has 3 rings (SSSR count). The highest BCUT2D eigenvalue weighted by molar-refractivity contribution is 6.29. The molecule has 0 saturated heterocycles. The van der Waals surface area contributed by atoms with Crippen LogP contribution < -0.4 is 0 Å². The Morgan fingerprint density at radius 3 is 2.50 bits per heavy atom. The number of carbonyl (C=O) groups excluding carboxylic acids is 1. The SMILES string of the molecule is O=C(c1cnc(Cl)cn1)N(CC1CCCCC1)C1CC1. The van der Waals surface area contributed by atoms with Crippen LogP contribution in [-0.4, -0.2) is 33.4 Å². The highest BCUT2D eigenvalue weighted by Crippen LogP contribution is 2.32. The topological polar surface area (TPSA) is 46.1 Å². The zero-order chi connectivity index (χ0) is 13.9. The quantitative estimate of drug-likeness (QED) is 0.855. The predicted octanol–water partition coefficient (Wildman–Crippen LogP) is 3.31. The van der Waals surface area contributed by atoms with Gasteiger partial charge in [-0.1, -0.05) is 30.9 Å². The van der Waals surface area contributed by atoms with Crippen molar-refractivity contribution in [2.24, 2.45) is 5.92 Å². The molecule has 1 aromatic heterocycles. The Bertz CT molecular complexity index is 467. The zero-order valence-electron chi connectivity index (χ0n) is 11.6. The lowest BCUT2D eigenvalue weighted by Gasteiger charge is -2.29. The minimum Gasteiger partial charge on any atom is -0.334 e. The Morgan fingerprint density at radius 2 is 1.90 bits per heavy atom. The molecule has 0 atom stereocenters. The third kappa shape index (κ3) is 3.29. The second-order valence-electron chi connectivity index (χ2n) is 5.92. The summed E-state index contributed by atoms with van der Waals surface area (Å²) in [6, 6.07) is 0.418. The standard InChI is InChI=1S/C15H20ClN3O/c16-14-9-17-13(8-18-14)15(20)19(12-6-7-12)10-11-4-2-1-3-5-11/h8-9,11-12H,1-7,10H2.